The molecule has 0 fully saturated rings. The lowest BCUT2D eigenvalue weighted by Crippen LogP contribution is -2.58. The zero-order chi connectivity index (χ0) is 26.6. The van der Waals surface area contributed by atoms with Gasteiger partial charge in [0.2, 0.25) is 0 Å². The zero-order valence-electron chi connectivity index (χ0n) is 20.6. The van der Waals surface area contributed by atoms with Crippen molar-refractivity contribution in [3.63, 3.8) is 0 Å². The highest BCUT2D eigenvalue weighted by molar-refractivity contribution is 6.07. The first-order valence-corrected chi connectivity index (χ1v) is 12.0. The second-order valence-electron chi connectivity index (χ2n) is 8.49. The van der Waals surface area contributed by atoms with Gasteiger partial charge in [-0.1, -0.05) is 70.2 Å². The largest absolute Gasteiger partial charge is 0.507 e. The fourth-order valence-corrected chi connectivity index (χ4v) is 3.77. The highest BCUT2D eigenvalue weighted by Crippen LogP contribution is 2.32. The van der Waals surface area contributed by atoms with Gasteiger partial charge >= 0.3 is 0 Å². The number of unbranched alkanes of at least 4 members (excludes halogenated alkanes) is 3. The number of nitrogens with one attached hydrogen (secondary N) is 4. The maximum absolute atomic E-state index is 13.4. The molecule has 0 spiro atoms. The van der Waals surface area contributed by atoms with Crippen LogP contribution in [0.25, 0.3) is 0 Å². The summed E-state index contributed by atoms with van der Waals surface area (Å²) in [6, 6.07) is 11.7. The van der Waals surface area contributed by atoms with Crippen molar-refractivity contribution in [2.75, 3.05) is 0 Å². The molecule has 2 rings (SSSR count). The van der Waals surface area contributed by atoms with Crippen LogP contribution in [0.1, 0.15) is 79.5 Å². The lowest BCUT2D eigenvalue weighted by atomic mass is 9.76. The van der Waals surface area contributed by atoms with Gasteiger partial charge in [-0.2, -0.15) is 0 Å². The van der Waals surface area contributed by atoms with Crippen LogP contribution in [0.2, 0.25) is 0 Å². The Hall–Kier alpha value is -4.08. The van der Waals surface area contributed by atoms with Gasteiger partial charge in [-0.3, -0.25) is 40.9 Å². The number of hydrogen-bond acceptors (Lipinski definition) is 6. The van der Waals surface area contributed by atoms with E-state index in [9.17, 15) is 29.4 Å². The monoisotopic (exact) mass is 498 g/mol. The van der Waals surface area contributed by atoms with Crippen molar-refractivity contribution in [3.8, 4) is 11.5 Å². The molecule has 0 radical (unpaired) electrons. The lowest BCUT2D eigenvalue weighted by molar-refractivity contribution is -0.146. The Morgan fingerprint density at radius 1 is 0.639 bits per heavy atom. The Morgan fingerprint density at radius 3 is 1.47 bits per heavy atom. The Labute approximate surface area is 210 Å². The highest BCUT2D eigenvalue weighted by Gasteiger charge is 2.45. The number of rotatable bonds is 11. The summed E-state index contributed by atoms with van der Waals surface area (Å²) < 4.78 is 0. The molecule has 0 aliphatic heterocycles. The van der Waals surface area contributed by atoms with Gasteiger partial charge in [-0.25, -0.2) is 0 Å². The van der Waals surface area contributed by atoms with Gasteiger partial charge in [0.15, 0.2) is 0 Å². The predicted molar refractivity (Wildman–Crippen MR) is 134 cm³/mol. The summed E-state index contributed by atoms with van der Waals surface area (Å²) in [5, 5.41) is 19.8. The van der Waals surface area contributed by atoms with Crippen LogP contribution in [0.15, 0.2) is 48.5 Å². The van der Waals surface area contributed by atoms with Crippen LogP contribution in [0.4, 0.5) is 0 Å². The third kappa shape index (κ3) is 7.21. The van der Waals surface area contributed by atoms with E-state index in [0.29, 0.717) is 19.3 Å². The van der Waals surface area contributed by atoms with Crippen molar-refractivity contribution in [1.82, 2.24) is 21.7 Å². The Balaban J connectivity index is 2.22. The van der Waals surface area contributed by atoms with Gasteiger partial charge in [-0.05, 0) is 37.1 Å². The normalized spacial score (nSPS) is 10.8. The molecule has 0 saturated heterocycles. The molecular weight excluding hydrogens is 464 g/mol. The first-order valence-electron chi connectivity index (χ1n) is 12.0. The van der Waals surface area contributed by atoms with Gasteiger partial charge < -0.3 is 10.2 Å². The number of hydrazine groups is 2. The molecule has 2 aromatic carbocycles. The SMILES string of the molecule is CCCCCC(CCCC)(C(=O)NNC(=O)c1ccccc1O)C(=O)NNC(=O)c1ccccc1O. The fraction of sp³-hybridized carbons (Fsp3) is 0.385. The molecule has 4 amide bonds. The van der Waals surface area contributed by atoms with Gasteiger partial charge in [0.25, 0.3) is 23.6 Å². The summed E-state index contributed by atoms with van der Waals surface area (Å²) in [6.45, 7) is 3.92. The zero-order valence-corrected chi connectivity index (χ0v) is 20.6. The number of para-hydroxylation sites is 2. The van der Waals surface area contributed by atoms with Gasteiger partial charge in [-0.15, -0.1) is 0 Å². The second kappa shape index (κ2) is 13.7. The van der Waals surface area contributed by atoms with Gasteiger partial charge in [0, 0.05) is 0 Å². The third-order valence-electron chi connectivity index (χ3n) is 5.91. The second-order valence-corrected chi connectivity index (χ2v) is 8.49. The number of phenolic OH excluding ortho intramolecular Hbond substituents is 2. The van der Waals surface area contributed by atoms with E-state index in [1.54, 1.807) is 24.3 Å². The molecule has 10 heteroatoms. The number of hydrogen-bond donors (Lipinski definition) is 6. The standard InChI is InChI=1S/C26H34N4O6/c1-3-5-11-17-26(16-6-4-2,24(35)29-27-22(33)18-12-7-9-14-20(18)31)25(36)30-28-23(34)19-13-8-10-15-21(19)32/h7-10,12-15,31-32H,3-6,11,16-17H2,1-2H3,(H,27,33)(H,28,34)(H,29,35)(H,30,36). The van der Waals surface area contributed by atoms with E-state index in [-0.39, 0.29) is 35.5 Å². The van der Waals surface area contributed by atoms with Crippen molar-refractivity contribution < 1.29 is 29.4 Å². The van der Waals surface area contributed by atoms with Crippen molar-refractivity contribution in [2.45, 2.75) is 58.8 Å². The maximum atomic E-state index is 13.4. The summed E-state index contributed by atoms with van der Waals surface area (Å²) in [6.07, 6.45) is 3.85. The molecule has 0 saturated carbocycles. The Kier molecular flexibility index (Phi) is 10.7. The quantitative estimate of drug-likeness (QED) is 0.159. The van der Waals surface area contributed by atoms with Crippen LogP contribution in [0.5, 0.6) is 11.5 Å². The predicted octanol–water partition coefficient (Wildman–Crippen LogP) is 3.08. The van der Waals surface area contributed by atoms with Crippen LogP contribution in [0, 0.1) is 5.41 Å². The van der Waals surface area contributed by atoms with Crippen LogP contribution < -0.4 is 21.7 Å². The van der Waals surface area contributed by atoms with Crippen molar-refractivity contribution in [1.29, 1.82) is 0 Å². The molecule has 194 valence electrons. The molecule has 2 aromatic rings. The minimum absolute atomic E-state index is 0.0395. The highest BCUT2D eigenvalue weighted by atomic mass is 16.3. The first kappa shape index (κ1) is 28.2. The van der Waals surface area contributed by atoms with E-state index in [0.717, 1.165) is 12.8 Å². The lowest BCUT2D eigenvalue weighted by Gasteiger charge is -2.31. The minimum atomic E-state index is -1.58. The van der Waals surface area contributed by atoms with E-state index in [1.165, 1.54) is 24.3 Å². The van der Waals surface area contributed by atoms with E-state index < -0.39 is 29.0 Å². The third-order valence-corrected chi connectivity index (χ3v) is 5.91. The van der Waals surface area contributed by atoms with E-state index in [2.05, 4.69) is 21.7 Å². The van der Waals surface area contributed by atoms with Crippen molar-refractivity contribution in [3.05, 3.63) is 59.7 Å². The molecular formula is C26H34N4O6. The van der Waals surface area contributed by atoms with E-state index in [1.807, 2.05) is 13.8 Å². The fourth-order valence-electron chi connectivity index (χ4n) is 3.77. The van der Waals surface area contributed by atoms with Crippen molar-refractivity contribution >= 4 is 23.6 Å². The molecule has 0 unspecified atom stereocenters. The smallest absolute Gasteiger partial charge is 0.273 e. The van der Waals surface area contributed by atoms with Crippen molar-refractivity contribution in [2.24, 2.45) is 5.41 Å². The summed E-state index contributed by atoms with van der Waals surface area (Å²) >= 11 is 0. The first-order chi connectivity index (χ1) is 17.3. The average molecular weight is 499 g/mol. The molecule has 0 atom stereocenters. The molecule has 0 bridgehead atoms. The molecule has 0 heterocycles. The number of carbonyl (C=O) groups excluding carboxylic acids is 4. The summed E-state index contributed by atoms with van der Waals surface area (Å²) in [5.74, 6) is -3.46. The molecule has 0 aliphatic carbocycles. The number of carbonyl (C=O) groups is 4. The maximum Gasteiger partial charge on any atom is 0.273 e. The van der Waals surface area contributed by atoms with Gasteiger partial charge in [0.05, 0.1) is 11.1 Å². The summed E-state index contributed by atoms with van der Waals surface area (Å²) in [7, 11) is 0. The average Bonchev–Trinajstić information content (AvgIpc) is 2.88. The molecule has 0 aliphatic rings. The van der Waals surface area contributed by atoms with Crippen LogP contribution in [-0.2, 0) is 9.59 Å². The minimum Gasteiger partial charge on any atom is -0.507 e. The van der Waals surface area contributed by atoms with E-state index >= 15 is 0 Å². The summed E-state index contributed by atoms with van der Waals surface area (Å²) in [5.41, 5.74) is 7.53. The number of phenols is 2. The molecule has 10 nitrogen and oxygen atoms in total. The summed E-state index contributed by atoms with van der Waals surface area (Å²) in [4.78, 5) is 51.7. The Morgan fingerprint density at radius 2 is 1.06 bits per heavy atom. The molecule has 0 aromatic heterocycles. The van der Waals surface area contributed by atoms with Crippen LogP contribution in [0.3, 0.4) is 0 Å². The Bertz CT molecular complexity index is 998. The number of benzene rings is 2. The molecule has 36 heavy (non-hydrogen) atoms. The van der Waals surface area contributed by atoms with Crippen LogP contribution in [-0.4, -0.2) is 33.8 Å². The van der Waals surface area contributed by atoms with Crippen LogP contribution >= 0.6 is 0 Å². The number of amides is 4. The molecule has 6 N–H and O–H groups in total. The van der Waals surface area contributed by atoms with E-state index in [4.69, 9.17) is 0 Å². The number of aromatic hydroxyl groups is 2. The topological polar surface area (TPSA) is 157 Å². The van der Waals surface area contributed by atoms with Gasteiger partial charge in [0.1, 0.15) is 16.9 Å².